The Labute approximate surface area is 195 Å². The maximum absolute atomic E-state index is 12.8. The molecule has 1 aromatic heterocycles. The monoisotopic (exact) mass is 466 g/mol. The summed E-state index contributed by atoms with van der Waals surface area (Å²) in [6, 6.07) is 14.8. The molecule has 2 aromatic carbocycles. The number of rotatable bonds is 6. The fourth-order valence-corrected chi connectivity index (χ4v) is 3.91. The second-order valence-electron chi connectivity index (χ2n) is 7.54. The van der Waals surface area contributed by atoms with E-state index in [1.807, 2.05) is 43.3 Å². The van der Waals surface area contributed by atoms with Crippen LogP contribution in [0.25, 0.3) is 0 Å². The molecule has 2 N–H and O–H groups in total. The Kier molecular flexibility index (Phi) is 7.55. The fourth-order valence-electron chi connectivity index (χ4n) is 3.07. The Morgan fingerprint density at radius 2 is 1.67 bits per heavy atom. The van der Waals surface area contributed by atoms with E-state index in [0.29, 0.717) is 11.4 Å². The van der Waals surface area contributed by atoms with Gasteiger partial charge in [-0.1, -0.05) is 48.5 Å². The highest BCUT2D eigenvalue weighted by Gasteiger charge is 2.22. The number of aliphatic imine (C=N–C) groups is 1. The molecule has 0 unspecified atom stereocenters. The van der Waals surface area contributed by atoms with E-state index in [-0.39, 0.29) is 22.3 Å². The topological polar surface area (TPSA) is 106 Å². The first-order valence-corrected chi connectivity index (χ1v) is 11.4. The molecule has 0 fully saturated rings. The zero-order valence-electron chi connectivity index (χ0n) is 19.0. The lowest BCUT2D eigenvalue weighted by atomic mass is 10.1. The van der Waals surface area contributed by atoms with Gasteiger partial charge in [-0.2, -0.15) is 0 Å². The molecule has 0 saturated heterocycles. The number of anilines is 1. The van der Waals surface area contributed by atoms with Crippen molar-refractivity contribution in [1.29, 1.82) is 0 Å². The molecule has 9 heteroatoms. The van der Waals surface area contributed by atoms with Gasteiger partial charge >= 0.3 is 5.69 Å². The molecule has 1 amide bonds. The zero-order valence-corrected chi connectivity index (χ0v) is 19.8. The predicted octanol–water partition coefficient (Wildman–Crippen LogP) is 3.11. The van der Waals surface area contributed by atoms with Crippen LogP contribution >= 0.6 is 11.8 Å². The number of aromatic hydroxyl groups is 1. The predicted molar refractivity (Wildman–Crippen MR) is 133 cm³/mol. The maximum Gasteiger partial charge on any atom is 0.333 e. The maximum atomic E-state index is 12.8. The number of aromatic nitrogens is 2. The SMILES string of the molecule is CCc1ccc(NC(=O)CSC(=Nc2ccc(C)cc2)c2c(O)n(C)c(=O)n(C)c2=O)cc1. The van der Waals surface area contributed by atoms with Gasteiger partial charge in [-0.15, -0.1) is 0 Å². The number of nitrogens with one attached hydrogen (secondary N) is 1. The quantitative estimate of drug-likeness (QED) is 0.429. The first-order chi connectivity index (χ1) is 15.7. The second kappa shape index (κ2) is 10.4. The summed E-state index contributed by atoms with van der Waals surface area (Å²) >= 11 is 1.01. The molecule has 0 bridgehead atoms. The van der Waals surface area contributed by atoms with Crippen molar-refractivity contribution in [2.45, 2.75) is 20.3 Å². The van der Waals surface area contributed by atoms with Crippen molar-refractivity contribution >= 4 is 34.1 Å². The minimum Gasteiger partial charge on any atom is -0.494 e. The second-order valence-corrected chi connectivity index (χ2v) is 8.51. The number of hydrogen-bond acceptors (Lipinski definition) is 6. The lowest BCUT2D eigenvalue weighted by Crippen LogP contribution is -2.39. The van der Waals surface area contributed by atoms with Crippen LogP contribution in [0.5, 0.6) is 5.88 Å². The van der Waals surface area contributed by atoms with Crippen molar-refractivity contribution in [3.8, 4) is 5.88 Å². The number of aryl methyl sites for hydroxylation is 2. The van der Waals surface area contributed by atoms with Crippen LogP contribution in [0.2, 0.25) is 0 Å². The van der Waals surface area contributed by atoms with Gasteiger partial charge in [-0.3, -0.25) is 18.7 Å². The smallest absolute Gasteiger partial charge is 0.333 e. The number of benzene rings is 2. The third-order valence-corrected chi connectivity index (χ3v) is 6.07. The summed E-state index contributed by atoms with van der Waals surface area (Å²) < 4.78 is 1.87. The van der Waals surface area contributed by atoms with Gasteiger partial charge in [0, 0.05) is 19.8 Å². The minimum absolute atomic E-state index is 0.0499. The Morgan fingerprint density at radius 1 is 1.03 bits per heavy atom. The lowest BCUT2D eigenvalue weighted by Gasteiger charge is -2.12. The Morgan fingerprint density at radius 3 is 2.27 bits per heavy atom. The number of carbonyl (C=O) groups excluding carboxylic acids is 1. The number of hydrogen-bond donors (Lipinski definition) is 2. The molecular weight excluding hydrogens is 440 g/mol. The molecule has 0 aliphatic heterocycles. The third kappa shape index (κ3) is 5.61. The van der Waals surface area contributed by atoms with Gasteiger partial charge in [0.05, 0.1) is 11.4 Å². The lowest BCUT2D eigenvalue weighted by molar-refractivity contribution is -0.113. The van der Waals surface area contributed by atoms with E-state index < -0.39 is 17.1 Å². The summed E-state index contributed by atoms with van der Waals surface area (Å²) in [4.78, 5) is 42.1. The Bertz CT molecular complexity index is 1310. The highest BCUT2D eigenvalue weighted by Crippen LogP contribution is 2.23. The zero-order chi connectivity index (χ0) is 24.1. The summed E-state index contributed by atoms with van der Waals surface area (Å²) in [5, 5.41) is 13.5. The molecule has 0 aliphatic carbocycles. The van der Waals surface area contributed by atoms with E-state index in [1.54, 1.807) is 12.1 Å². The normalized spacial score (nSPS) is 11.5. The van der Waals surface area contributed by atoms with E-state index in [4.69, 9.17) is 0 Å². The van der Waals surface area contributed by atoms with Gasteiger partial charge in [0.25, 0.3) is 5.56 Å². The first-order valence-electron chi connectivity index (χ1n) is 10.4. The van der Waals surface area contributed by atoms with E-state index >= 15 is 0 Å². The fraction of sp³-hybridized carbons (Fsp3) is 0.250. The van der Waals surface area contributed by atoms with Crippen LogP contribution in [-0.2, 0) is 25.3 Å². The molecule has 172 valence electrons. The molecule has 1 heterocycles. The van der Waals surface area contributed by atoms with Crippen molar-refractivity contribution in [1.82, 2.24) is 9.13 Å². The van der Waals surface area contributed by atoms with Crippen molar-refractivity contribution in [2.75, 3.05) is 11.1 Å². The van der Waals surface area contributed by atoms with E-state index in [1.165, 1.54) is 14.1 Å². The van der Waals surface area contributed by atoms with Gasteiger partial charge in [-0.25, -0.2) is 9.79 Å². The van der Waals surface area contributed by atoms with Crippen LogP contribution in [0, 0.1) is 6.92 Å². The van der Waals surface area contributed by atoms with Crippen molar-refractivity contribution in [2.24, 2.45) is 19.1 Å². The Balaban J connectivity index is 1.93. The standard InChI is InChI=1S/C24H26N4O4S/c1-5-16-8-12-17(13-9-16)25-19(29)14-33-21(26-18-10-6-15(2)7-11-18)20-22(30)27(3)24(32)28(4)23(20)31/h6-13,30H,5,14H2,1-4H3,(H,25,29). The number of nitrogens with zero attached hydrogens (tertiary/aromatic N) is 3. The van der Waals surface area contributed by atoms with Crippen molar-refractivity contribution in [3.05, 3.63) is 86.1 Å². The number of amides is 1. The van der Waals surface area contributed by atoms with Gasteiger partial charge in [0.2, 0.25) is 11.8 Å². The average Bonchev–Trinajstić information content (AvgIpc) is 2.81. The molecular formula is C24H26N4O4S. The summed E-state index contributed by atoms with van der Waals surface area (Å²) in [7, 11) is 2.69. The highest BCUT2D eigenvalue weighted by atomic mass is 32.2. The Hall–Kier alpha value is -3.59. The minimum atomic E-state index is -0.690. The summed E-state index contributed by atoms with van der Waals surface area (Å²) in [6.45, 7) is 3.99. The van der Waals surface area contributed by atoms with E-state index in [2.05, 4.69) is 17.2 Å². The summed E-state index contributed by atoms with van der Waals surface area (Å²) in [5.41, 5.74) is 1.93. The number of thioether (sulfide) groups is 1. The average molecular weight is 467 g/mol. The largest absolute Gasteiger partial charge is 0.494 e. The third-order valence-electron chi connectivity index (χ3n) is 5.10. The summed E-state index contributed by atoms with van der Waals surface area (Å²) in [5.74, 6) is -0.843. The molecule has 0 saturated carbocycles. The highest BCUT2D eigenvalue weighted by molar-refractivity contribution is 8.15. The van der Waals surface area contributed by atoms with Crippen LogP contribution in [0.15, 0.2) is 63.1 Å². The molecule has 0 spiro atoms. The molecule has 3 rings (SSSR count). The van der Waals surface area contributed by atoms with Crippen LogP contribution < -0.4 is 16.6 Å². The van der Waals surface area contributed by atoms with Gasteiger partial charge in [-0.05, 0) is 43.2 Å². The molecule has 0 atom stereocenters. The van der Waals surface area contributed by atoms with Crippen molar-refractivity contribution < 1.29 is 9.90 Å². The molecule has 33 heavy (non-hydrogen) atoms. The van der Waals surface area contributed by atoms with Crippen LogP contribution in [-0.4, -0.2) is 30.9 Å². The first kappa shape index (κ1) is 24.1. The van der Waals surface area contributed by atoms with Gasteiger partial charge in [0.15, 0.2) is 0 Å². The van der Waals surface area contributed by atoms with Gasteiger partial charge in [0.1, 0.15) is 10.6 Å². The van der Waals surface area contributed by atoms with Gasteiger partial charge < -0.3 is 10.4 Å². The van der Waals surface area contributed by atoms with Crippen LogP contribution in [0.1, 0.15) is 23.6 Å². The van der Waals surface area contributed by atoms with Crippen LogP contribution in [0.3, 0.4) is 0 Å². The van der Waals surface area contributed by atoms with Crippen molar-refractivity contribution in [3.63, 3.8) is 0 Å². The summed E-state index contributed by atoms with van der Waals surface area (Å²) in [6.07, 6.45) is 0.904. The van der Waals surface area contributed by atoms with Crippen LogP contribution in [0.4, 0.5) is 11.4 Å². The molecule has 3 aromatic rings. The molecule has 8 nitrogen and oxygen atoms in total. The van der Waals surface area contributed by atoms with E-state index in [9.17, 15) is 19.5 Å². The molecule has 0 radical (unpaired) electrons. The number of carbonyl (C=O) groups is 1. The van der Waals surface area contributed by atoms with E-state index in [0.717, 1.165) is 38.4 Å². The molecule has 0 aliphatic rings.